The van der Waals surface area contributed by atoms with Crippen molar-refractivity contribution in [2.45, 2.75) is 44.6 Å². The normalized spacial score (nSPS) is 27.0. The van der Waals surface area contributed by atoms with Crippen molar-refractivity contribution in [3.8, 4) is 17.0 Å². The second kappa shape index (κ2) is 6.10. The molecule has 4 aliphatic rings. The lowest BCUT2D eigenvalue weighted by Gasteiger charge is -2.17. The Morgan fingerprint density at radius 1 is 1.07 bits per heavy atom. The van der Waals surface area contributed by atoms with Gasteiger partial charge in [0, 0.05) is 43.2 Å². The minimum atomic E-state index is 0.674. The molecule has 142 valence electrons. The van der Waals surface area contributed by atoms with E-state index in [0.29, 0.717) is 5.92 Å². The Labute approximate surface area is 161 Å². The van der Waals surface area contributed by atoms with Crippen LogP contribution in [0.2, 0.25) is 0 Å². The van der Waals surface area contributed by atoms with Crippen LogP contribution in [0.5, 0.6) is 5.75 Å². The SMILES string of the molecule is COc1cccc(-c2c3c(nn2CC2CC2)C[C@@H]2CN(CC4CC4)C[C@H]32)c1. The van der Waals surface area contributed by atoms with Crippen molar-refractivity contribution in [3.05, 3.63) is 35.5 Å². The highest BCUT2D eigenvalue weighted by atomic mass is 16.5. The van der Waals surface area contributed by atoms with Gasteiger partial charge in [-0.25, -0.2) is 0 Å². The van der Waals surface area contributed by atoms with E-state index in [1.807, 2.05) is 6.07 Å². The number of hydrogen-bond donors (Lipinski definition) is 0. The zero-order valence-corrected chi connectivity index (χ0v) is 16.2. The first-order valence-electron chi connectivity index (χ1n) is 10.7. The molecule has 2 heterocycles. The molecule has 4 nitrogen and oxygen atoms in total. The molecule has 0 spiro atoms. The van der Waals surface area contributed by atoms with E-state index in [-0.39, 0.29) is 0 Å². The van der Waals surface area contributed by atoms with Gasteiger partial charge in [0.15, 0.2) is 0 Å². The van der Waals surface area contributed by atoms with Crippen LogP contribution in [-0.2, 0) is 13.0 Å². The summed E-state index contributed by atoms with van der Waals surface area (Å²) in [5.41, 5.74) is 5.61. The smallest absolute Gasteiger partial charge is 0.119 e. The van der Waals surface area contributed by atoms with E-state index in [1.165, 1.54) is 68.7 Å². The van der Waals surface area contributed by atoms with Crippen LogP contribution in [0.25, 0.3) is 11.3 Å². The predicted octanol–water partition coefficient (Wildman–Crippen LogP) is 3.95. The Morgan fingerprint density at radius 3 is 2.67 bits per heavy atom. The van der Waals surface area contributed by atoms with Gasteiger partial charge in [0.2, 0.25) is 0 Å². The number of fused-ring (bicyclic) bond motifs is 3. The molecule has 1 aromatic carbocycles. The minimum Gasteiger partial charge on any atom is -0.497 e. The summed E-state index contributed by atoms with van der Waals surface area (Å²) in [5.74, 6) is 4.21. The number of rotatable bonds is 6. The van der Waals surface area contributed by atoms with E-state index in [4.69, 9.17) is 9.84 Å². The highest BCUT2D eigenvalue weighted by Gasteiger charge is 2.45. The number of benzene rings is 1. The summed E-state index contributed by atoms with van der Waals surface area (Å²) >= 11 is 0. The van der Waals surface area contributed by atoms with E-state index in [9.17, 15) is 0 Å². The summed E-state index contributed by atoms with van der Waals surface area (Å²) in [4.78, 5) is 2.74. The molecule has 2 atom stereocenters. The highest BCUT2D eigenvalue weighted by Crippen LogP contribution is 2.48. The third-order valence-corrected chi connectivity index (χ3v) is 7.09. The van der Waals surface area contributed by atoms with E-state index in [2.05, 4.69) is 27.8 Å². The Morgan fingerprint density at radius 2 is 1.89 bits per heavy atom. The average molecular weight is 364 g/mol. The molecule has 6 rings (SSSR count). The van der Waals surface area contributed by atoms with Crippen molar-refractivity contribution < 1.29 is 4.74 Å². The number of hydrogen-bond acceptors (Lipinski definition) is 3. The molecule has 2 saturated carbocycles. The fourth-order valence-electron chi connectivity index (χ4n) is 5.38. The van der Waals surface area contributed by atoms with E-state index in [1.54, 1.807) is 12.7 Å². The molecule has 1 aromatic heterocycles. The van der Waals surface area contributed by atoms with Crippen LogP contribution >= 0.6 is 0 Å². The largest absolute Gasteiger partial charge is 0.497 e. The van der Waals surface area contributed by atoms with Crippen LogP contribution < -0.4 is 4.74 Å². The Hall–Kier alpha value is -1.81. The van der Waals surface area contributed by atoms with Crippen LogP contribution in [0.1, 0.15) is 42.9 Å². The van der Waals surface area contributed by atoms with Crippen molar-refractivity contribution in [2.24, 2.45) is 17.8 Å². The number of methoxy groups -OCH3 is 1. The lowest BCUT2D eigenvalue weighted by atomic mass is 9.93. The number of ether oxygens (including phenoxy) is 1. The molecular formula is C23H29N3O. The lowest BCUT2D eigenvalue weighted by molar-refractivity contribution is 0.308. The first-order valence-corrected chi connectivity index (χ1v) is 10.7. The Bertz CT molecular complexity index is 865. The van der Waals surface area contributed by atoms with E-state index < -0.39 is 0 Å². The van der Waals surface area contributed by atoms with Gasteiger partial charge < -0.3 is 9.64 Å². The van der Waals surface area contributed by atoms with Crippen LogP contribution in [0.4, 0.5) is 0 Å². The average Bonchev–Trinajstić information content (AvgIpc) is 3.56. The van der Waals surface area contributed by atoms with Gasteiger partial charge in [-0.3, -0.25) is 4.68 Å². The van der Waals surface area contributed by atoms with E-state index >= 15 is 0 Å². The van der Waals surface area contributed by atoms with Crippen molar-refractivity contribution in [1.82, 2.24) is 14.7 Å². The molecule has 27 heavy (non-hydrogen) atoms. The van der Waals surface area contributed by atoms with Crippen molar-refractivity contribution >= 4 is 0 Å². The molecular weight excluding hydrogens is 334 g/mol. The van der Waals surface area contributed by atoms with Crippen LogP contribution in [0.15, 0.2) is 24.3 Å². The fraction of sp³-hybridized carbons (Fsp3) is 0.609. The van der Waals surface area contributed by atoms with Gasteiger partial charge in [-0.05, 0) is 62.0 Å². The summed E-state index contributed by atoms with van der Waals surface area (Å²) in [6.07, 6.45) is 6.80. The molecule has 0 N–H and O–H groups in total. The zero-order chi connectivity index (χ0) is 18.0. The summed E-state index contributed by atoms with van der Waals surface area (Å²) in [6.45, 7) is 4.92. The number of likely N-dealkylation sites (tertiary alicyclic amines) is 1. The van der Waals surface area contributed by atoms with Crippen molar-refractivity contribution in [1.29, 1.82) is 0 Å². The summed E-state index contributed by atoms with van der Waals surface area (Å²) in [6, 6.07) is 8.61. The molecule has 0 amide bonds. The second-order valence-electron chi connectivity index (χ2n) is 9.30. The molecule has 1 aliphatic heterocycles. The second-order valence-corrected chi connectivity index (χ2v) is 9.30. The zero-order valence-electron chi connectivity index (χ0n) is 16.2. The first kappa shape index (κ1) is 16.2. The monoisotopic (exact) mass is 363 g/mol. The molecule has 1 saturated heterocycles. The predicted molar refractivity (Wildman–Crippen MR) is 106 cm³/mol. The lowest BCUT2D eigenvalue weighted by Crippen LogP contribution is -2.24. The van der Waals surface area contributed by atoms with Gasteiger partial charge in [0.1, 0.15) is 5.75 Å². The fourth-order valence-corrected chi connectivity index (χ4v) is 5.38. The molecule has 3 fully saturated rings. The molecule has 4 heteroatoms. The standard InChI is InChI=1S/C23H29N3O/c1-27-19-4-2-3-17(9-19)23-22-20-14-25(11-15-5-6-15)13-18(20)10-21(22)24-26(23)12-16-7-8-16/h2-4,9,15-16,18,20H,5-8,10-14H2,1H3/t18-,20+/m1/s1. The minimum absolute atomic E-state index is 0.674. The summed E-state index contributed by atoms with van der Waals surface area (Å²) in [7, 11) is 1.76. The molecule has 3 aliphatic carbocycles. The number of nitrogens with zero attached hydrogens (tertiary/aromatic N) is 3. The Balaban J connectivity index is 1.38. The maximum atomic E-state index is 5.52. The van der Waals surface area contributed by atoms with Gasteiger partial charge in [0.25, 0.3) is 0 Å². The van der Waals surface area contributed by atoms with Crippen LogP contribution in [0, 0.1) is 17.8 Å². The van der Waals surface area contributed by atoms with Crippen molar-refractivity contribution in [2.75, 3.05) is 26.7 Å². The quantitative estimate of drug-likeness (QED) is 0.778. The molecule has 0 unspecified atom stereocenters. The molecule has 0 radical (unpaired) electrons. The van der Waals surface area contributed by atoms with Gasteiger partial charge in [0.05, 0.1) is 18.5 Å². The molecule has 0 bridgehead atoms. The van der Waals surface area contributed by atoms with E-state index in [0.717, 1.165) is 30.0 Å². The Kier molecular flexibility index (Phi) is 3.65. The maximum Gasteiger partial charge on any atom is 0.119 e. The number of aromatic nitrogens is 2. The topological polar surface area (TPSA) is 30.3 Å². The van der Waals surface area contributed by atoms with Gasteiger partial charge in [-0.2, -0.15) is 5.10 Å². The van der Waals surface area contributed by atoms with Gasteiger partial charge in [-0.1, -0.05) is 12.1 Å². The first-order chi connectivity index (χ1) is 13.3. The summed E-state index contributed by atoms with van der Waals surface area (Å²) < 4.78 is 7.87. The third kappa shape index (κ3) is 2.89. The maximum absolute atomic E-state index is 5.52. The summed E-state index contributed by atoms with van der Waals surface area (Å²) in [5, 5.41) is 5.14. The molecule has 2 aromatic rings. The highest BCUT2D eigenvalue weighted by molar-refractivity contribution is 5.68. The van der Waals surface area contributed by atoms with Gasteiger partial charge in [-0.15, -0.1) is 0 Å². The van der Waals surface area contributed by atoms with Crippen molar-refractivity contribution in [3.63, 3.8) is 0 Å². The van der Waals surface area contributed by atoms with Gasteiger partial charge >= 0.3 is 0 Å². The third-order valence-electron chi connectivity index (χ3n) is 7.09. The van der Waals surface area contributed by atoms with Crippen LogP contribution in [-0.4, -0.2) is 41.4 Å². The van der Waals surface area contributed by atoms with Crippen LogP contribution in [0.3, 0.4) is 0 Å².